The van der Waals surface area contributed by atoms with Crippen molar-refractivity contribution >= 4 is 5.70 Å². The van der Waals surface area contributed by atoms with Crippen molar-refractivity contribution in [3.05, 3.63) is 42.0 Å². The van der Waals surface area contributed by atoms with Crippen LogP contribution in [0.1, 0.15) is 5.56 Å². The van der Waals surface area contributed by atoms with E-state index in [-0.39, 0.29) is 0 Å². The standard InChI is InChI=1S/C13H14N2O/c14-7-6-13(12-4-2-1-3-5-12)15-8-10-16-11-9-15/h1-6H,8-11H2/b13-6-. The van der Waals surface area contributed by atoms with Crippen molar-refractivity contribution in [3.63, 3.8) is 0 Å². The molecule has 0 amide bonds. The lowest BCUT2D eigenvalue weighted by Crippen LogP contribution is -2.34. The van der Waals surface area contributed by atoms with Gasteiger partial charge in [-0.3, -0.25) is 0 Å². The molecule has 2 rings (SSSR count). The summed E-state index contributed by atoms with van der Waals surface area (Å²) in [7, 11) is 0. The molecule has 0 bridgehead atoms. The monoisotopic (exact) mass is 214 g/mol. The van der Waals surface area contributed by atoms with Crippen molar-refractivity contribution in [1.82, 2.24) is 4.90 Å². The van der Waals surface area contributed by atoms with Crippen molar-refractivity contribution in [2.75, 3.05) is 26.3 Å². The highest BCUT2D eigenvalue weighted by Gasteiger charge is 2.14. The molecular weight excluding hydrogens is 200 g/mol. The third-order valence-electron chi connectivity index (χ3n) is 2.62. The summed E-state index contributed by atoms with van der Waals surface area (Å²) in [4.78, 5) is 2.20. The number of morpholine rings is 1. The van der Waals surface area contributed by atoms with Crippen molar-refractivity contribution < 1.29 is 4.74 Å². The Morgan fingerprint density at radius 1 is 1.25 bits per heavy atom. The van der Waals surface area contributed by atoms with E-state index in [4.69, 9.17) is 10.00 Å². The topological polar surface area (TPSA) is 36.3 Å². The van der Waals surface area contributed by atoms with Crippen LogP contribution in [0.5, 0.6) is 0 Å². The minimum Gasteiger partial charge on any atom is -0.378 e. The molecule has 16 heavy (non-hydrogen) atoms. The first-order chi connectivity index (χ1) is 7.92. The minimum absolute atomic E-state index is 0.732. The summed E-state index contributed by atoms with van der Waals surface area (Å²) < 4.78 is 5.31. The van der Waals surface area contributed by atoms with Crippen LogP contribution in [0.2, 0.25) is 0 Å². The second-order valence-electron chi connectivity index (χ2n) is 3.62. The first-order valence-corrected chi connectivity index (χ1v) is 5.40. The molecule has 1 aliphatic rings. The van der Waals surface area contributed by atoms with E-state index >= 15 is 0 Å². The normalized spacial score (nSPS) is 16.9. The minimum atomic E-state index is 0.732. The van der Waals surface area contributed by atoms with Crippen LogP contribution < -0.4 is 0 Å². The van der Waals surface area contributed by atoms with E-state index < -0.39 is 0 Å². The molecule has 1 fully saturated rings. The second kappa shape index (κ2) is 5.34. The molecule has 0 unspecified atom stereocenters. The third kappa shape index (κ3) is 2.41. The number of rotatable bonds is 2. The van der Waals surface area contributed by atoms with Crippen LogP contribution in [-0.4, -0.2) is 31.2 Å². The number of hydrogen-bond acceptors (Lipinski definition) is 3. The van der Waals surface area contributed by atoms with Gasteiger partial charge in [0.1, 0.15) is 0 Å². The Morgan fingerprint density at radius 2 is 1.94 bits per heavy atom. The molecule has 0 atom stereocenters. The number of nitrogens with zero attached hydrogens (tertiary/aromatic N) is 2. The van der Waals surface area contributed by atoms with E-state index in [0.29, 0.717) is 0 Å². The van der Waals surface area contributed by atoms with Gasteiger partial charge in [-0.25, -0.2) is 0 Å². The Balaban J connectivity index is 2.24. The summed E-state index contributed by atoms with van der Waals surface area (Å²) in [5.41, 5.74) is 2.08. The van der Waals surface area contributed by atoms with Crippen molar-refractivity contribution in [1.29, 1.82) is 5.26 Å². The average Bonchev–Trinajstić information content (AvgIpc) is 2.38. The quantitative estimate of drug-likeness (QED) is 0.705. The van der Waals surface area contributed by atoms with Crippen LogP contribution in [-0.2, 0) is 4.74 Å². The lowest BCUT2D eigenvalue weighted by molar-refractivity contribution is 0.0640. The van der Waals surface area contributed by atoms with Gasteiger partial charge in [0.15, 0.2) is 0 Å². The van der Waals surface area contributed by atoms with Gasteiger partial charge < -0.3 is 9.64 Å². The number of ether oxygens (including phenoxy) is 1. The Hall–Kier alpha value is -1.79. The Labute approximate surface area is 95.6 Å². The van der Waals surface area contributed by atoms with Crippen LogP contribution in [0.15, 0.2) is 36.4 Å². The molecule has 82 valence electrons. The fraction of sp³-hybridized carbons (Fsp3) is 0.308. The maximum atomic E-state index is 8.84. The Kier molecular flexibility index (Phi) is 3.58. The summed E-state index contributed by atoms with van der Waals surface area (Å²) in [5, 5.41) is 8.84. The summed E-state index contributed by atoms with van der Waals surface area (Å²) in [6, 6.07) is 12.1. The van der Waals surface area contributed by atoms with Crippen LogP contribution in [0.3, 0.4) is 0 Å². The molecule has 1 heterocycles. The van der Waals surface area contributed by atoms with E-state index in [2.05, 4.69) is 11.0 Å². The molecular formula is C13H14N2O. The van der Waals surface area contributed by atoms with Gasteiger partial charge in [0.2, 0.25) is 0 Å². The molecule has 0 aliphatic carbocycles. The third-order valence-corrected chi connectivity index (χ3v) is 2.62. The zero-order valence-electron chi connectivity index (χ0n) is 9.10. The highest BCUT2D eigenvalue weighted by atomic mass is 16.5. The molecule has 1 aliphatic heterocycles. The zero-order chi connectivity index (χ0) is 11.2. The van der Waals surface area contributed by atoms with Crippen LogP contribution in [0.4, 0.5) is 0 Å². The summed E-state index contributed by atoms with van der Waals surface area (Å²) in [5.74, 6) is 0. The molecule has 3 heteroatoms. The van der Waals surface area contributed by atoms with Crippen molar-refractivity contribution in [2.24, 2.45) is 0 Å². The van der Waals surface area contributed by atoms with Gasteiger partial charge in [0.25, 0.3) is 0 Å². The zero-order valence-corrected chi connectivity index (χ0v) is 9.10. The SMILES string of the molecule is N#C/C=C(/c1ccccc1)N1CCOCC1. The number of hydrogen-bond donors (Lipinski definition) is 0. The lowest BCUT2D eigenvalue weighted by atomic mass is 10.1. The average molecular weight is 214 g/mol. The summed E-state index contributed by atoms with van der Waals surface area (Å²) in [6.07, 6.45) is 1.61. The first-order valence-electron chi connectivity index (χ1n) is 5.40. The van der Waals surface area contributed by atoms with Gasteiger partial charge in [0.05, 0.1) is 25.0 Å². The van der Waals surface area contributed by atoms with E-state index in [1.807, 2.05) is 30.3 Å². The highest BCUT2D eigenvalue weighted by molar-refractivity contribution is 5.66. The van der Waals surface area contributed by atoms with E-state index in [9.17, 15) is 0 Å². The predicted molar refractivity (Wildman–Crippen MR) is 62.4 cm³/mol. The second-order valence-corrected chi connectivity index (χ2v) is 3.62. The molecule has 0 aromatic heterocycles. The van der Waals surface area contributed by atoms with Crippen LogP contribution in [0.25, 0.3) is 5.70 Å². The smallest absolute Gasteiger partial charge is 0.0934 e. The molecule has 0 N–H and O–H groups in total. The molecule has 1 aromatic carbocycles. The van der Waals surface area contributed by atoms with Crippen molar-refractivity contribution in [2.45, 2.75) is 0 Å². The summed E-state index contributed by atoms with van der Waals surface area (Å²) in [6.45, 7) is 3.16. The fourth-order valence-electron chi connectivity index (χ4n) is 1.83. The van der Waals surface area contributed by atoms with Gasteiger partial charge in [-0.05, 0) is 5.56 Å². The number of nitriles is 1. The van der Waals surface area contributed by atoms with Gasteiger partial charge in [-0.1, -0.05) is 30.3 Å². The van der Waals surface area contributed by atoms with Gasteiger partial charge in [-0.2, -0.15) is 5.26 Å². The van der Waals surface area contributed by atoms with Crippen LogP contribution in [0, 0.1) is 11.3 Å². The highest BCUT2D eigenvalue weighted by Crippen LogP contribution is 2.19. The Bertz CT molecular complexity index is 400. The predicted octanol–water partition coefficient (Wildman–Crippen LogP) is 1.88. The molecule has 1 aromatic rings. The Morgan fingerprint density at radius 3 is 2.56 bits per heavy atom. The summed E-state index contributed by atoms with van der Waals surface area (Å²) >= 11 is 0. The number of allylic oxidation sites excluding steroid dienone is 1. The number of benzene rings is 1. The first kappa shape index (κ1) is 10.7. The maximum absolute atomic E-state index is 8.84. The van der Waals surface area contributed by atoms with Crippen molar-refractivity contribution in [3.8, 4) is 6.07 Å². The van der Waals surface area contributed by atoms with Gasteiger partial charge in [-0.15, -0.1) is 0 Å². The van der Waals surface area contributed by atoms with E-state index in [1.165, 1.54) is 0 Å². The molecule has 0 saturated carbocycles. The fourth-order valence-corrected chi connectivity index (χ4v) is 1.83. The van der Waals surface area contributed by atoms with E-state index in [0.717, 1.165) is 37.6 Å². The van der Waals surface area contributed by atoms with Gasteiger partial charge >= 0.3 is 0 Å². The maximum Gasteiger partial charge on any atom is 0.0934 e. The van der Waals surface area contributed by atoms with Gasteiger partial charge in [0, 0.05) is 19.2 Å². The molecule has 3 nitrogen and oxygen atoms in total. The van der Waals surface area contributed by atoms with Crippen LogP contribution >= 0.6 is 0 Å². The lowest BCUT2D eigenvalue weighted by Gasteiger charge is -2.30. The molecule has 1 saturated heterocycles. The molecule has 0 spiro atoms. The van der Waals surface area contributed by atoms with E-state index in [1.54, 1.807) is 6.08 Å². The largest absolute Gasteiger partial charge is 0.378 e. The molecule has 0 radical (unpaired) electrons.